The Bertz CT molecular complexity index is 324. The van der Waals surface area contributed by atoms with Crippen molar-refractivity contribution in [3.8, 4) is 0 Å². The molecule has 0 aliphatic rings. The first kappa shape index (κ1) is 10.3. The number of nitrogens with zero attached hydrogens (tertiary/aromatic N) is 1. The van der Waals surface area contributed by atoms with Crippen LogP contribution < -0.4 is 5.48 Å². The maximum atomic E-state index is 11.4. The summed E-state index contributed by atoms with van der Waals surface area (Å²) in [5.74, 6) is -0.726. The number of hydrogen-bond acceptors (Lipinski definition) is 4. The molecule has 1 aromatic rings. The van der Waals surface area contributed by atoms with Crippen molar-refractivity contribution in [3.63, 3.8) is 0 Å². The zero-order valence-electron chi connectivity index (χ0n) is 7.69. The smallest absolute Gasteiger partial charge is 0.251 e. The van der Waals surface area contributed by atoms with Gasteiger partial charge in [0.05, 0.1) is 13.5 Å². The molecule has 74 valence electrons. The van der Waals surface area contributed by atoms with Crippen LogP contribution in [0, 0.1) is 0 Å². The van der Waals surface area contributed by atoms with Gasteiger partial charge in [0.25, 0.3) is 5.91 Å². The molecule has 1 N–H and O–H groups in total. The molecule has 1 aromatic heterocycles. The molecule has 1 amide bonds. The summed E-state index contributed by atoms with van der Waals surface area (Å²) in [7, 11) is 1.31. The zero-order valence-corrected chi connectivity index (χ0v) is 7.69. The Balaban J connectivity index is 2.55. The van der Waals surface area contributed by atoms with Gasteiger partial charge in [-0.25, -0.2) is 5.48 Å². The Morgan fingerprint density at radius 3 is 2.64 bits per heavy atom. The first-order valence-corrected chi connectivity index (χ1v) is 3.99. The molecule has 0 bridgehead atoms. The molecule has 1 rings (SSSR count). The minimum absolute atomic E-state index is 0.224. The number of amides is 1. The molecule has 0 aliphatic carbocycles. The third kappa shape index (κ3) is 2.95. The van der Waals surface area contributed by atoms with E-state index in [4.69, 9.17) is 0 Å². The fourth-order valence-corrected chi connectivity index (χ4v) is 0.936. The third-order valence-corrected chi connectivity index (χ3v) is 1.54. The first-order valence-electron chi connectivity index (χ1n) is 3.99. The Labute approximate surface area is 81.1 Å². The van der Waals surface area contributed by atoms with Crippen LogP contribution in [-0.2, 0) is 9.63 Å². The minimum atomic E-state index is -0.464. The van der Waals surface area contributed by atoms with Gasteiger partial charge in [-0.1, -0.05) is 0 Å². The maximum Gasteiger partial charge on any atom is 0.251 e. The monoisotopic (exact) mass is 194 g/mol. The Morgan fingerprint density at radius 1 is 1.43 bits per heavy atom. The van der Waals surface area contributed by atoms with Gasteiger partial charge in [0, 0.05) is 18.0 Å². The molecule has 0 saturated carbocycles. The molecule has 1 heterocycles. The van der Waals surface area contributed by atoms with Gasteiger partial charge >= 0.3 is 0 Å². The van der Waals surface area contributed by atoms with Gasteiger partial charge < -0.3 is 0 Å². The molecule has 0 unspecified atom stereocenters. The van der Waals surface area contributed by atoms with E-state index in [0.717, 1.165) is 0 Å². The van der Waals surface area contributed by atoms with Crippen molar-refractivity contribution in [3.05, 3.63) is 30.1 Å². The van der Waals surface area contributed by atoms with E-state index in [2.05, 4.69) is 15.3 Å². The summed E-state index contributed by atoms with van der Waals surface area (Å²) in [5.41, 5.74) is 2.53. The van der Waals surface area contributed by atoms with Crippen molar-refractivity contribution in [1.82, 2.24) is 10.5 Å². The second-order valence-corrected chi connectivity index (χ2v) is 2.57. The van der Waals surface area contributed by atoms with E-state index in [9.17, 15) is 9.59 Å². The lowest BCUT2D eigenvalue weighted by molar-refractivity contribution is -0.130. The number of hydrogen-bond donors (Lipinski definition) is 1. The number of pyridine rings is 1. The third-order valence-electron chi connectivity index (χ3n) is 1.54. The Hall–Kier alpha value is -1.75. The summed E-state index contributed by atoms with van der Waals surface area (Å²) in [6, 6.07) is 3.12. The van der Waals surface area contributed by atoms with Crippen LogP contribution in [0.25, 0.3) is 0 Å². The molecule has 0 spiro atoms. The normalized spacial score (nSPS) is 9.50. The van der Waals surface area contributed by atoms with E-state index in [0.29, 0.717) is 5.56 Å². The number of Topliss-reactive ketones (excluding diaryl/α,β-unsaturated/α-hetero) is 1. The molecular weight excluding hydrogens is 184 g/mol. The lowest BCUT2D eigenvalue weighted by Gasteiger charge is -2.00. The van der Waals surface area contributed by atoms with Crippen molar-refractivity contribution in [2.24, 2.45) is 0 Å². The summed E-state index contributed by atoms with van der Waals surface area (Å²) in [6.07, 6.45) is 2.78. The molecule has 0 radical (unpaired) electrons. The van der Waals surface area contributed by atoms with E-state index in [1.807, 2.05) is 0 Å². The second kappa shape index (κ2) is 5.08. The largest absolute Gasteiger partial charge is 0.294 e. The van der Waals surface area contributed by atoms with Crippen molar-refractivity contribution >= 4 is 11.7 Å². The number of hydroxylamine groups is 1. The highest BCUT2D eigenvalue weighted by molar-refractivity contribution is 6.06. The van der Waals surface area contributed by atoms with Gasteiger partial charge in [-0.15, -0.1) is 0 Å². The summed E-state index contributed by atoms with van der Waals surface area (Å²) in [6.45, 7) is 0. The van der Waals surface area contributed by atoms with Crippen LogP contribution in [0.1, 0.15) is 16.8 Å². The molecule has 0 aromatic carbocycles. The number of ketones is 1. The average Bonchev–Trinajstić information content (AvgIpc) is 2.19. The number of rotatable bonds is 4. The molecule has 14 heavy (non-hydrogen) atoms. The van der Waals surface area contributed by atoms with Crippen LogP contribution in [0.5, 0.6) is 0 Å². The second-order valence-electron chi connectivity index (χ2n) is 2.57. The number of aromatic nitrogens is 1. The highest BCUT2D eigenvalue weighted by atomic mass is 16.6. The van der Waals surface area contributed by atoms with Gasteiger partial charge in [-0.3, -0.25) is 19.4 Å². The van der Waals surface area contributed by atoms with Crippen molar-refractivity contribution in [1.29, 1.82) is 0 Å². The molecule has 0 atom stereocenters. The van der Waals surface area contributed by atoms with Crippen molar-refractivity contribution in [2.75, 3.05) is 7.11 Å². The van der Waals surface area contributed by atoms with Gasteiger partial charge in [-0.05, 0) is 12.1 Å². The van der Waals surface area contributed by atoms with Gasteiger partial charge in [0.15, 0.2) is 5.78 Å². The highest BCUT2D eigenvalue weighted by Crippen LogP contribution is 2.00. The lowest BCUT2D eigenvalue weighted by Crippen LogP contribution is -2.24. The quantitative estimate of drug-likeness (QED) is 0.426. The Kier molecular flexibility index (Phi) is 3.75. The molecule has 5 nitrogen and oxygen atoms in total. The maximum absolute atomic E-state index is 11.4. The standard InChI is InChI=1S/C9H10N2O3/c1-14-11-9(13)6-8(12)7-2-4-10-5-3-7/h2-5H,6H2,1H3,(H,11,13). The van der Waals surface area contributed by atoms with Crippen molar-refractivity contribution < 1.29 is 14.4 Å². The topological polar surface area (TPSA) is 68.3 Å². The van der Waals surface area contributed by atoms with Gasteiger partial charge in [0.2, 0.25) is 0 Å². The fraction of sp³-hybridized carbons (Fsp3) is 0.222. The zero-order chi connectivity index (χ0) is 10.4. The van der Waals surface area contributed by atoms with Crippen LogP contribution in [-0.4, -0.2) is 23.8 Å². The average molecular weight is 194 g/mol. The van der Waals surface area contributed by atoms with E-state index in [-0.39, 0.29) is 12.2 Å². The van der Waals surface area contributed by atoms with Crippen LogP contribution >= 0.6 is 0 Å². The molecular formula is C9H10N2O3. The summed E-state index contributed by atoms with van der Waals surface area (Å²) in [5, 5.41) is 0. The van der Waals surface area contributed by atoms with Gasteiger partial charge in [0.1, 0.15) is 0 Å². The summed E-state index contributed by atoms with van der Waals surface area (Å²) >= 11 is 0. The van der Waals surface area contributed by atoms with Crippen LogP contribution in [0.15, 0.2) is 24.5 Å². The highest BCUT2D eigenvalue weighted by Gasteiger charge is 2.10. The van der Waals surface area contributed by atoms with Crippen molar-refractivity contribution in [2.45, 2.75) is 6.42 Å². The van der Waals surface area contributed by atoms with E-state index < -0.39 is 5.91 Å². The fourth-order valence-electron chi connectivity index (χ4n) is 0.936. The van der Waals surface area contributed by atoms with E-state index in [1.165, 1.54) is 19.5 Å². The first-order chi connectivity index (χ1) is 6.74. The lowest BCUT2D eigenvalue weighted by atomic mass is 10.1. The predicted molar refractivity (Wildman–Crippen MR) is 48.3 cm³/mol. The molecule has 0 saturated heterocycles. The van der Waals surface area contributed by atoms with Crippen LogP contribution in [0.4, 0.5) is 0 Å². The number of carbonyl (C=O) groups excluding carboxylic acids is 2. The molecule has 5 heteroatoms. The van der Waals surface area contributed by atoms with Crippen LogP contribution in [0.2, 0.25) is 0 Å². The minimum Gasteiger partial charge on any atom is -0.294 e. The Morgan fingerprint density at radius 2 is 2.07 bits per heavy atom. The molecule has 0 aliphatic heterocycles. The number of carbonyl (C=O) groups is 2. The van der Waals surface area contributed by atoms with E-state index >= 15 is 0 Å². The number of nitrogens with one attached hydrogen (secondary N) is 1. The van der Waals surface area contributed by atoms with E-state index in [1.54, 1.807) is 12.1 Å². The summed E-state index contributed by atoms with van der Waals surface area (Å²) < 4.78 is 0. The predicted octanol–water partition coefficient (Wildman–Crippen LogP) is 0.332. The summed E-state index contributed by atoms with van der Waals surface area (Å²) in [4.78, 5) is 30.5. The van der Waals surface area contributed by atoms with Gasteiger partial charge in [-0.2, -0.15) is 0 Å². The SMILES string of the molecule is CONC(=O)CC(=O)c1ccncc1. The van der Waals surface area contributed by atoms with Crippen LogP contribution in [0.3, 0.4) is 0 Å². The molecule has 0 fully saturated rings.